The molecule has 0 aliphatic heterocycles. The molecule has 0 saturated carbocycles. The fourth-order valence-corrected chi connectivity index (χ4v) is 1.31. The first-order valence-electron chi connectivity index (χ1n) is 2.68. The van der Waals surface area contributed by atoms with Crippen LogP contribution in [0.2, 0.25) is 0 Å². The third-order valence-electron chi connectivity index (χ3n) is 1.09. The van der Waals surface area contributed by atoms with Crippen LogP contribution in [0.1, 0.15) is 15.2 Å². The van der Waals surface area contributed by atoms with Crippen LogP contribution in [0.25, 0.3) is 0 Å². The summed E-state index contributed by atoms with van der Waals surface area (Å²) in [7, 11) is 0. The highest BCUT2D eigenvalue weighted by Crippen LogP contribution is 2.23. The van der Waals surface area contributed by atoms with Crippen molar-refractivity contribution in [1.29, 1.82) is 5.26 Å². The molecule has 1 heterocycles. The third-order valence-corrected chi connectivity index (χ3v) is 2.04. The van der Waals surface area contributed by atoms with Crippen LogP contribution in [0.5, 0.6) is 0 Å². The fraction of sp³-hybridized carbons (Fsp3) is 0. The van der Waals surface area contributed by atoms with Crippen molar-refractivity contribution in [2.75, 3.05) is 5.73 Å². The summed E-state index contributed by atoms with van der Waals surface area (Å²) in [4.78, 5) is 10.4. The summed E-state index contributed by atoms with van der Waals surface area (Å²) >= 11 is 0.903. The molecule has 0 fully saturated rings. The van der Waals surface area contributed by atoms with E-state index in [4.69, 9.17) is 16.1 Å². The van der Waals surface area contributed by atoms with Gasteiger partial charge in [0.15, 0.2) is 0 Å². The van der Waals surface area contributed by atoms with Crippen molar-refractivity contribution in [3.05, 3.63) is 16.5 Å². The van der Waals surface area contributed by atoms with Crippen LogP contribution in [0.4, 0.5) is 5.00 Å². The van der Waals surface area contributed by atoms with E-state index in [-0.39, 0.29) is 15.4 Å². The van der Waals surface area contributed by atoms with Crippen LogP contribution < -0.4 is 5.73 Å². The van der Waals surface area contributed by atoms with Crippen LogP contribution in [0, 0.1) is 11.3 Å². The maximum Gasteiger partial charge on any atom is 0.345 e. The number of nitrogen functional groups attached to an aromatic ring is 1. The summed E-state index contributed by atoms with van der Waals surface area (Å²) in [5.41, 5.74) is 5.55. The Balaban J connectivity index is 3.18. The van der Waals surface area contributed by atoms with Gasteiger partial charge in [-0.25, -0.2) is 4.79 Å². The number of nitrogens with two attached hydrogens (primary N) is 1. The average Bonchev–Trinajstić information content (AvgIpc) is 2.31. The van der Waals surface area contributed by atoms with E-state index in [1.54, 1.807) is 6.07 Å². The number of carboxylic acid groups (broad SMARTS) is 1. The van der Waals surface area contributed by atoms with E-state index in [1.807, 2.05) is 0 Å². The number of thiophene rings is 1. The predicted molar refractivity (Wildman–Crippen MR) is 40.4 cm³/mol. The molecule has 5 heteroatoms. The Kier molecular flexibility index (Phi) is 1.79. The minimum Gasteiger partial charge on any atom is -0.477 e. The van der Waals surface area contributed by atoms with Gasteiger partial charge in [-0.05, 0) is 6.07 Å². The first-order chi connectivity index (χ1) is 5.15. The number of carbonyl (C=O) groups is 1. The van der Waals surface area contributed by atoms with Gasteiger partial charge in [-0.3, -0.25) is 0 Å². The molecule has 0 aliphatic rings. The second kappa shape index (κ2) is 2.60. The molecule has 1 aromatic heterocycles. The normalized spacial score (nSPS) is 9.00. The highest BCUT2D eigenvalue weighted by molar-refractivity contribution is 7.17. The standard InChI is InChI=1S/C6H4N2O2S/c7-2-3-1-4(6(9)10)11-5(3)8/h1H,8H2,(H,9,10). The Hall–Kier alpha value is -1.54. The lowest BCUT2D eigenvalue weighted by Crippen LogP contribution is -1.89. The molecule has 0 spiro atoms. The maximum absolute atomic E-state index is 10.3. The van der Waals surface area contributed by atoms with Gasteiger partial charge in [-0.2, -0.15) is 5.26 Å². The number of nitriles is 1. The summed E-state index contributed by atoms with van der Waals surface area (Å²) in [6, 6.07) is 3.06. The van der Waals surface area contributed by atoms with Crippen molar-refractivity contribution in [2.45, 2.75) is 0 Å². The fourth-order valence-electron chi connectivity index (χ4n) is 0.598. The van der Waals surface area contributed by atoms with E-state index in [2.05, 4.69) is 0 Å². The van der Waals surface area contributed by atoms with Crippen molar-refractivity contribution in [3.8, 4) is 6.07 Å². The van der Waals surface area contributed by atoms with E-state index in [1.165, 1.54) is 6.07 Å². The van der Waals surface area contributed by atoms with Crippen molar-refractivity contribution in [1.82, 2.24) is 0 Å². The summed E-state index contributed by atoms with van der Waals surface area (Å²) in [5, 5.41) is 17.1. The monoisotopic (exact) mass is 168 g/mol. The van der Waals surface area contributed by atoms with Gasteiger partial charge in [-0.15, -0.1) is 11.3 Å². The quantitative estimate of drug-likeness (QED) is 0.652. The topological polar surface area (TPSA) is 87.1 Å². The van der Waals surface area contributed by atoms with Crippen LogP contribution in [0.15, 0.2) is 6.07 Å². The highest BCUT2D eigenvalue weighted by Gasteiger charge is 2.10. The van der Waals surface area contributed by atoms with Crippen molar-refractivity contribution in [3.63, 3.8) is 0 Å². The molecule has 0 atom stereocenters. The first-order valence-corrected chi connectivity index (χ1v) is 3.49. The number of aromatic carboxylic acids is 1. The average molecular weight is 168 g/mol. The molecular formula is C6H4N2O2S. The Morgan fingerprint density at radius 3 is 2.73 bits per heavy atom. The zero-order chi connectivity index (χ0) is 8.43. The summed E-state index contributed by atoms with van der Waals surface area (Å²) in [6.07, 6.45) is 0. The molecule has 0 aromatic carbocycles. The minimum absolute atomic E-state index is 0.0963. The molecule has 4 nitrogen and oxygen atoms in total. The van der Waals surface area contributed by atoms with E-state index >= 15 is 0 Å². The second-order valence-electron chi connectivity index (χ2n) is 1.81. The summed E-state index contributed by atoms with van der Waals surface area (Å²) in [5.74, 6) is -1.05. The zero-order valence-corrected chi connectivity index (χ0v) is 6.18. The van der Waals surface area contributed by atoms with Crippen molar-refractivity contribution >= 4 is 22.3 Å². The van der Waals surface area contributed by atoms with Gasteiger partial charge in [-0.1, -0.05) is 0 Å². The SMILES string of the molecule is N#Cc1cc(C(=O)O)sc1N. The molecule has 1 rings (SSSR count). The molecule has 0 unspecified atom stereocenters. The lowest BCUT2D eigenvalue weighted by atomic mass is 10.3. The Morgan fingerprint density at radius 1 is 1.82 bits per heavy atom. The van der Waals surface area contributed by atoms with Crippen molar-refractivity contribution < 1.29 is 9.90 Å². The zero-order valence-electron chi connectivity index (χ0n) is 5.37. The molecule has 0 aliphatic carbocycles. The van der Waals surface area contributed by atoms with Crippen molar-refractivity contribution in [2.24, 2.45) is 0 Å². The number of rotatable bonds is 1. The molecule has 0 saturated heterocycles. The lowest BCUT2D eigenvalue weighted by Gasteiger charge is -1.80. The Bertz CT molecular complexity index is 337. The number of hydrogen-bond acceptors (Lipinski definition) is 4. The Labute approximate surface area is 66.5 Å². The van der Waals surface area contributed by atoms with Gasteiger partial charge in [0.2, 0.25) is 0 Å². The molecular weight excluding hydrogens is 164 g/mol. The maximum atomic E-state index is 10.3. The van der Waals surface area contributed by atoms with E-state index in [0.29, 0.717) is 0 Å². The molecule has 56 valence electrons. The third kappa shape index (κ3) is 1.30. The molecule has 0 radical (unpaired) electrons. The largest absolute Gasteiger partial charge is 0.477 e. The summed E-state index contributed by atoms with van der Waals surface area (Å²) in [6.45, 7) is 0. The van der Waals surface area contributed by atoms with Crippen LogP contribution in [0.3, 0.4) is 0 Å². The van der Waals surface area contributed by atoms with E-state index in [0.717, 1.165) is 11.3 Å². The van der Waals surface area contributed by atoms with Gasteiger partial charge >= 0.3 is 5.97 Å². The molecule has 3 N–H and O–H groups in total. The van der Waals surface area contributed by atoms with Gasteiger partial charge in [0.05, 0.1) is 5.56 Å². The molecule has 0 bridgehead atoms. The van der Waals surface area contributed by atoms with Gasteiger partial charge in [0.25, 0.3) is 0 Å². The van der Waals surface area contributed by atoms with Crippen LogP contribution >= 0.6 is 11.3 Å². The van der Waals surface area contributed by atoms with Gasteiger partial charge in [0.1, 0.15) is 15.9 Å². The molecule has 1 aromatic rings. The minimum atomic E-state index is -1.05. The Morgan fingerprint density at radius 2 is 2.45 bits per heavy atom. The number of nitrogens with zero attached hydrogens (tertiary/aromatic N) is 1. The number of anilines is 1. The van der Waals surface area contributed by atoms with Gasteiger partial charge in [0, 0.05) is 0 Å². The highest BCUT2D eigenvalue weighted by atomic mass is 32.1. The van der Waals surface area contributed by atoms with Gasteiger partial charge < -0.3 is 10.8 Å². The second-order valence-corrected chi connectivity index (χ2v) is 2.89. The van der Waals surface area contributed by atoms with E-state index in [9.17, 15) is 4.79 Å². The van der Waals surface area contributed by atoms with Crippen LogP contribution in [-0.4, -0.2) is 11.1 Å². The predicted octanol–water partition coefficient (Wildman–Crippen LogP) is 0.900. The number of hydrogen-bond donors (Lipinski definition) is 2. The molecule has 11 heavy (non-hydrogen) atoms. The first kappa shape index (κ1) is 7.57. The van der Waals surface area contributed by atoms with E-state index < -0.39 is 5.97 Å². The van der Waals surface area contributed by atoms with Crippen LogP contribution in [-0.2, 0) is 0 Å². The summed E-state index contributed by atoms with van der Waals surface area (Å²) < 4.78 is 0. The molecule has 0 amide bonds. The lowest BCUT2D eigenvalue weighted by molar-refractivity contribution is 0.0702. The smallest absolute Gasteiger partial charge is 0.345 e. The number of carboxylic acids is 1.